The van der Waals surface area contributed by atoms with Gasteiger partial charge < -0.3 is 5.43 Å². The van der Waals surface area contributed by atoms with Crippen LogP contribution >= 0.6 is 11.6 Å². The first kappa shape index (κ1) is 18.9. The van der Waals surface area contributed by atoms with Gasteiger partial charge in [0.25, 0.3) is 17.2 Å². The second-order valence-electron chi connectivity index (χ2n) is 5.64. The second-order valence-corrected chi connectivity index (χ2v) is 6.08. The summed E-state index contributed by atoms with van der Waals surface area (Å²) < 4.78 is 1.26. The van der Waals surface area contributed by atoms with Crippen molar-refractivity contribution in [1.29, 1.82) is 0 Å². The van der Waals surface area contributed by atoms with E-state index in [2.05, 4.69) is 22.5 Å². The third kappa shape index (κ3) is 3.79. The summed E-state index contributed by atoms with van der Waals surface area (Å²) >= 11 is 5.94. The van der Waals surface area contributed by atoms with Crippen molar-refractivity contribution in [3.63, 3.8) is 0 Å². The predicted octanol–water partition coefficient (Wildman–Crippen LogP) is 0.810. The van der Waals surface area contributed by atoms with Crippen molar-refractivity contribution in [3.05, 3.63) is 90.2 Å². The van der Waals surface area contributed by atoms with Crippen molar-refractivity contribution in [2.24, 2.45) is 0 Å². The molecule has 2 aromatic carbocycles. The molecule has 0 radical (unpaired) electrons. The highest BCUT2D eigenvalue weighted by molar-refractivity contribution is 6.30. The van der Waals surface area contributed by atoms with Gasteiger partial charge >= 0.3 is 0 Å². The van der Waals surface area contributed by atoms with Crippen LogP contribution in [-0.4, -0.2) is 20.6 Å². The van der Waals surface area contributed by atoms with Gasteiger partial charge in [-0.2, -0.15) is 0 Å². The lowest BCUT2D eigenvalue weighted by atomic mass is 10.2. The summed E-state index contributed by atoms with van der Waals surface area (Å²) in [6.45, 7) is 3.76. The van der Waals surface area contributed by atoms with Crippen molar-refractivity contribution in [1.82, 2.24) is 20.6 Å². The molecule has 0 unspecified atom stereocenters. The molecule has 0 aliphatic carbocycles. The molecule has 0 atom stereocenters. The van der Waals surface area contributed by atoms with Gasteiger partial charge in [0.1, 0.15) is 5.56 Å². The molecule has 0 fully saturated rings. The highest BCUT2D eigenvalue weighted by Crippen LogP contribution is 2.16. The van der Waals surface area contributed by atoms with E-state index in [1.165, 1.54) is 35.1 Å². The molecule has 10 heteroatoms. The summed E-state index contributed by atoms with van der Waals surface area (Å²) in [6, 6.07) is 12.2. The fraction of sp³-hybridized carbons (Fsp3) is 0. The SMILES string of the molecule is C=c1[nH]n(-c2cccc(Cl)c2)c(=O)c1=CNNC(=O)c1ccccc1[N+](=O)[O-]. The number of amides is 1. The average molecular weight is 400 g/mol. The van der Waals surface area contributed by atoms with E-state index in [0.717, 1.165) is 0 Å². The number of para-hydroxylation sites is 1. The van der Waals surface area contributed by atoms with Gasteiger partial charge in [0.2, 0.25) is 0 Å². The molecular weight excluding hydrogens is 386 g/mol. The van der Waals surface area contributed by atoms with Crippen LogP contribution in [0.4, 0.5) is 5.69 Å². The molecular formula is C18H14ClN5O4. The summed E-state index contributed by atoms with van der Waals surface area (Å²) in [5.41, 5.74) is 4.43. The zero-order valence-electron chi connectivity index (χ0n) is 14.3. The van der Waals surface area contributed by atoms with E-state index in [1.54, 1.807) is 24.3 Å². The van der Waals surface area contributed by atoms with Gasteiger partial charge in [0.15, 0.2) is 0 Å². The molecule has 28 heavy (non-hydrogen) atoms. The monoisotopic (exact) mass is 399 g/mol. The fourth-order valence-electron chi connectivity index (χ4n) is 2.51. The average Bonchev–Trinajstić information content (AvgIpc) is 2.96. The van der Waals surface area contributed by atoms with E-state index in [-0.39, 0.29) is 16.5 Å². The predicted molar refractivity (Wildman–Crippen MR) is 104 cm³/mol. The molecule has 1 amide bonds. The van der Waals surface area contributed by atoms with E-state index in [4.69, 9.17) is 11.6 Å². The molecule has 9 nitrogen and oxygen atoms in total. The second kappa shape index (κ2) is 7.80. The van der Waals surface area contributed by atoms with Crippen molar-refractivity contribution < 1.29 is 9.72 Å². The summed E-state index contributed by atoms with van der Waals surface area (Å²) in [5.74, 6) is -0.722. The minimum atomic E-state index is -0.722. The van der Waals surface area contributed by atoms with E-state index >= 15 is 0 Å². The lowest BCUT2D eigenvalue weighted by Crippen LogP contribution is -2.41. The maximum absolute atomic E-state index is 12.6. The number of carbonyl (C=O) groups is 1. The summed E-state index contributed by atoms with van der Waals surface area (Å²) in [6.07, 6.45) is 1.24. The number of carbonyl (C=O) groups excluding carboxylic acids is 1. The third-order valence-electron chi connectivity index (χ3n) is 3.82. The first-order valence-corrected chi connectivity index (χ1v) is 8.31. The maximum atomic E-state index is 12.6. The van der Waals surface area contributed by atoms with E-state index in [9.17, 15) is 19.7 Å². The number of hydrazine groups is 1. The van der Waals surface area contributed by atoms with Gasteiger partial charge in [-0.15, -0.1) is 0 Å². The number of nitro groups is 1. The van der Waals surface area contributed by atoms with Crippen LogP contribution in [0.5, 0.6) is 0 Å². The minimum absolute atomic E-state index is 0.117. The number of aromatic nitrogens is 2. The van der Waals surface area contributed by atoms with Crippen LogP contribution in [0.3, 0.4) is 0 Å². The molecule has 0 aliphatic heterocycles. The first-order chi connectivity index (χ1) is 13.4. The van der Waals surface area contributed by atoms with E-state index < -0.39 is 16.4 Å². The molecule has 142 valence electrons. The van der Waals surface area contributed by atoms with Gasteiger partial charge in [0, 0.05) is 17.3 Å². The lowest BCUT2D eigenvalue weighted by Gasteiger charge is -2.04. The Labute approximate surface area is 162 Å². The number of halogens is 1. The third-order valence-corrected chi connectivity index (χ3v) is 4.05. The standard InChI is InChI=1S/C18H14ClN5O4/c1-11-15(18(26)23(22-11)13-6-4-5-12(19)9-13)10-20-21-17(25)14-7-2-3-8-16(14)24(27)28/h2-10,20,22H,1H2,(H,21,25). The van der Waals surface area contributed by atoms with E-state index in [0.29, 0.717) is 16.1 Å². The lowest BCUT2D eigenvalue weighted by molar-refractivity contribution is -0.385. The summed E-state index contributed by atoms with van der Waals surface area (Å²) in [7, 11) is 0. The number of rotatable bonds is 5. The van der Waals surface area contributed by atoms with Crippen molar-refractivity contribution >= 4 is 36.0 Å². The highest BCUT2D eigenvalue weighted by Gasteiger charge is 2.18. The van der Waals surface area contributed by atoms with Gasteiger partial charge in [-0.05, 0) is 24.3 Å². The molecule has 3 aromatic rings. The Balaban J connectivity index is 1.85. The number of nitrogens with one attached hydrogen (secondary N) is 3. The van der Waals surface area contributed by atoms with Gasteiger partial charge in [-0.25, -0.2) is 4.68 Å². The van der Waals surface area contributed by atoms with Crippen molar-refractivity contribution in [3.8, 4) is 5.69 Å². The Kier molecular flexibility index (Phi) is 5.28. The Morgan fingerprint density at radius 3 is 2.71 bits per heavy atom. The van der Waals surface area contributed by atoms with Gasteiger partial charge in [0.05, 0.1) is 21.2 Å². The van der Waals surface area contributed by atoms with Crippen LogP contribution in [0.15, 0.2) is 53.3 Å². The van der Waals surface area contributed by atoms with E-state index in [1.807, 2.05) is 0 Å². The zero-order valence-corrected chi connectivity index (χ0v) is 15.1. The van der Waals surface area contributed by atoms with Crippen LogP contribution in [0.25, 0.3) is 18.5 Å². The van der Waals surface area contributed by atoms with Gasteiger partial charge in [-0.3, -0.25) is 30.2 Å². The molecule has 0 saturated carbocycles. The van der Waals surface area contributed by atoms with Gasteiger partial charge in [-0.1, -0.05) is 36.4 Å². The Morgan fingerprint density at radius 2 is 2.00 bits per heavy atom. The molecule has 3 N–H and O–H groups in total. The smallest absolute Gasteiger partial charge is 0.282 e. The van der Waals surface area contributed by atoms with Crippen LogP contribution < -0.4 is 27.0 Å². The molecule has 0 saturated heterocycles. The minimum Gasteiger partial charge on any atom is -0.305 e. The molecule has 0 bridgehead atoms. The fourth-order valence-corrected chi connectivity index (χ4v) is 2.69. The maximum Gasteiger partial charge on any atom is 0.282 e. The number of H-pyrrole nitrogens is 1. The summed E-state index contributed by atoms with van der Waals surface area (Å²) in [5, 5.41) is 14.8. The first-order valence-electron chi connectivity index (χ1n) is 7.94. The van der Waals surface area contributed by atoms with Crippen LogP contribution in [-0.2, 0) is 0 Å². The van der Waals surface area contributed by atoms with Crippen molar-refractivity contribution in [2.45, 2.75) is 0 Å². The van der Waals surface area contributed by atoms with Crippen LogP contribution in [0.2, 0.25) is 5.02 Å². The Hall–Kier alpha value is -3.85. The van der Waals surface area contributed by atoms with Crippen molar-refractivity contribution in [2.75, 3.05) is 0 Å². The number of hydrogen-bond donors (Lipinski definition) is 3. The quantitative estimate of drug-likeness (QED) is 0.433. The van der Waals surface area contributed by atoms with Crippen LogP contribution in [0.1, 0.15) is 10.4 Å². The Morgan fingerprint density at radius 1 is 1.25 bits per heavy atom. The number of nitro benzene ring substituents is 1. The number of nitrogens with zero attached hydrogens (tertiary/aromatic N) is 2. The molecule has 3 rings (SSSR count). The van der Waals surface area contributed by atoms with Crippen LogP contribution in [0, 0.1) is 10.1 Å². The topological polar surface area (TPSA) is 122 Å². The zero-order chi connectivity index (χ0) is 20.3. The number of aromatic amines is 1. The normalized spacial score (nSPS) is 11.2. The molecule has 0 spiro atoms. The largest absolute Gasteiger partial charge is 0.305 e. The Bertz CT molecular complexity index is 1230. The number of benzene rings is 2. The highest BCUT2D eigenvalue weighted by atomic mass is 35.5. The molecule has 1 heterocycles. The molecule has 1 aromatic heterocycles. The number of hydrogen-bond acceptors (Lipinski definition) is 5. The summed E-state index contributed by atoms with van der Waals surface area (Å²) in [4.78, 5) is 35.1. The molecule has 0 aliphatic rings.